The molecule has 0 saturated carbocycles. The highest BCUT2D eigenvalue weighted by molar-refractivity contribution is 7.89. The van der Waals surface area contributed by atoms with Gasteiger partial charge in [-0.25, -0.2) is 12.8 Å². The average molecular weight is 316 g/mol. The summed E-state index contributed by atoms with van der Waals surface area (Å²) in [5, 5.41) is 2.85. The zero-order valence-electron chi connectivity index (χ0n) is 12.4. The number of sulfonamides is 1. The van der Waals surface area contributed by atoms with Gasteiger partial charge in [0.2, 0.25) is 10.0 Å². The van der Waals surface area contributed by atoms with Gasteiger partial charge in [0, 0.05) is 31.8 Å². The molecule has 0 spiro atoms. The minimum Gasteiger partial charge on any atom is -0.380 e. The average Bonchev–Trinajstić information content (AvgIpc) is 2.73. The molecule has 0 bridgehead atoms. The molecule has 1 aliphatic rings. The lowest BCUT2D eigenvalue weighted by Gasteiger charge is -2.20. The lowest BCUT2D eigenvalue weighted by molar-refractivity contribution is 0.148. The van der Waals surface area contributed by atoms with Crippen molar-refractivity contribution in [2.24, 2.45) is 0 Å². The molecule has 0 aliphatic carbocycles. The standard InChI is InChI=1S/C14H21FN2O3S/c1-11-8-13(9-12(10-16-2)14(11)15)21(18,19)17-4-3-6-20-7-5-17/h8-9,16H,3-7,10H2,1-2H3. The number of hydrogen-bond donors (Lipinski definition) is 1. The predicted molar refractivity (Wildman–Crippen MR) is 78.1 cm³/mol. The first kappa shape index (κ1) is 16.4. The van der Waals surface area contributed by atoms with Crippen molar-refractivity contribution in [1.82, 2.24) is 9.62 Å². The van der Waals surface area contributed by atoms with Gasteiger partial charge < -0.3 is 10.1 Å². The van der Waals surface area contributed by atoms with Crippen LogP contribution in [0.1, 0.15) is 17.5 Å². The summed E-state index contributed by atoms with van der Waals surface area (Å²) >= 11 is 0. The summed E-state index contributed by atoms with van der Waals surface area (Å²) in [4.78, 5) is 0.147. The van der Waals surface area contributed by atoms with Gasteiger partial charge in [-0.3, -0.25) is 0 Å². The summed E-state index contributed by atoms with van der Waals surface area (Å²) in [5.74, 6) is -0.359. The fraction of sp³-hybridized carbons (Fsp3) is 0.571. The van der Waals surface area contributed by atoms with Crippen LogP contribution in [-0.2, 0) is 21.3 Å². The van der Waals surface area contributed by atoms with Crippen LogP contribution in [0.15, 0.2) is 17.0 Å². The van der Waals surface area contributed by atoms with Crippen LogP contribution in [0.25, 0.3) is 0 Å². The van der Waals surface area contributed by atoms with Gasteiger partial charge in [0.05, 0.1) is 11.5 Å². The molecule has 1 aromatic carbocycles. The quantitative estimate of drug-likeness (QED) is 0.909. The molecular formula is C14H21FN2O3S. The van der Waals surface area contributed by atoms with Gasteiger partial charge in [-0.2, -0.15) is 4.31 Å². The summed E-state index contributed by atoms with van der Waals surface area (Å²) in [6, 6.07) is 2.81. The van der Waals surface area contributed by atoms with Crippen molar-refractivity contribution in [2.75, 3.05) is 33.4 Å². The van der Waals surface area contributed by atoms with E-state index < -0.39 is 10.0 Å². The second-order valence-electron chi connectivity index (χ2n) is 5.11. The van der Waals surface area contributed by atoms with E-state index >= 15 is 0 Å². The normalized spacial score (nSPS) is 17.7. The number of ether oxygens (including phenoxy) is 1. The Bertz CT molecular complexity index is 596. The Balaban J connectivity index is 2.39. The third kappa shape index (κ3) is 3.60. The maximum Gasteiger partial charge on any atom is 0.243 e. The Hall–Kier alpha value is -1.02. The molecule has 1 N–H and O–H groups in total. The lowest BCUT2D eigenvalue weighted by Crippen LogP contribution is -2.33. The Labute approximate surface area is 125 Å². The van der Waals surface area contributed by atoms with Crippen molar-refractivity contribution in [1.29, 1.82) is 0 Å². The molecule has 0 unspecified atom stereocenters. The van der Waals surface area contributed by atoms with Crippen LogP contribution in [0.4, 0.5) is 4.39 Å². The molecule has 0 radical (unpaired) electrons. The molecule has 5 nitrogen and oxygen atoms in total. The van der Waals surface area contributed by atoms with Crippen LogP contribution >= 0.6 is 0 Å². The molecule has 1 heterocycles. The Morgan fingerprint density at radius 1 is 1.33 bits per heavy atom. The summed E-state index contributed by atoms with van der Waals surface area (Å²) in [6.07, 6.45) is 0.669. The van der Waals surface area contributed by atoms with Gasteiger partial charge in [0.25, 0.3) is 0 Å². The van der Waals surface area contributed by atoms with Gasteiger partial charge >= 0.3 is 0 Å². The zero-order chi connectivity index (χ0) is 15.5. The Morgan fingerprint density at radius 2 is 2.10 bits per heavy atom. The molecule has 1 saturated heterocycles. The first-order valence-electron chi connectivity index (χ1n) is 6.98. The zero-order valence-corrected chi connectivity index (χ0v) is 13.2. The van der Waals surface area contributed by atoms with Crippen molar-refractivity contribution in [3.05, 3.63) is 29.1 Å². The number of nitrogens with one attached hydrogen (secondary N) is 1. The highest BCUT2D eigenvalue weighted by Crippen LogP contribution is 2.23. The summed E-state index contributed by atoms with van der Waals surface area (Å²) in [7, 11) is -1.91. The molecule has 2 rings (SSSR count). The van der Waals surface area contributed by atoms with Crippen LogP contribution in [0, 0.1) is 12.7 Å². The Morgan fingerprint density at radius 3 is 2.81 bits per heavy atom. The van der Waals surface area contributed by atoms with Crippen LogP contribution in [0.5, 0.6) is 0 Å². The van der Waals surface area contributed by atoms with Crippen molar-refractivity contribution >= 4 is 10.0 Å². The smallest absolute Gasteiger partial charge is 0.243 e. The molecule has 21 heavy (non-hydrogen) atoms. The molecule has 7 heteroatoms. The number of halogens is 1. The van der Waals surface area contributed by atoms with E-state index in [0.29, 0.717) is 50.4 Å². The topological polar surface area (TPSA) is 58.6 Å². The van der Waals surface area contributed by atoms with E-state index in [1.165, 1.54) is 16.4 Å². The van der Waals surface area contributed by atoms with Crippen molar-refractivity contribution in [2.45, 2.75) is 24.8 Å². The van der Waals surface area contributed by atoms with E-state index in [2.05, 4.69) is 5.32 Å². The molecule has 0 amide bonds. The first-order chi connectivity index (χ1) is 9.96. The van der Waals surface area contributed by atoms with Crippen LogP contribution in [0.2, 0.25) is 0 Å². The first-order valence-corrected chi connectivity index (χ1v) is 8.42. The largest absolute Gasteiger partial charge is 0.380 e. The third-order valence-corrected chi connectivity index (χ3v) is 5.37. The molecule has 1 aromatic rings. The van der Waals surface area contributed by atoms with E-state index in [1.807, 2.05) is 0 Å². The van der Waals surface area contributed by atoms with E-state index in [4.69, 9.17) is 4.74 Å². The van der Waals surface area contributed by atoms with Gasteiger partial charge in [0.1, 0.15) is 5.82 Å². The SMILES string of the molecule is CNCc1cc(S(=O)(=O)N2CCCOCC2)cc(C)c1F. The van der Waals surface area contributed by atoms with E-state index in [1.54, 1.807) is 14.0 Å². The van der Waals surface area contributed by atoms with Gasteiger partial charge in [-0.05, 0) is 38.1 Å². The van der Waals surface area contributed by atoms with Crippen LogP contribution in [-0.4, -0.2) is 46.1 Å². The predicted octanol–water partition coefficient (Wildman–Crippen LogP) is 1.26. The number of nitrogens with zero attached hydrogens (tertiary/aromatic N) is 1. The molecular weight excluding hydrogens is 295 g/mol. The van der Waals surface area contributed by atoms with E-state index in [-0.39, 0.29) is 10.7 Å². The fourth-order valence-electron chi connectivity index (χ4n) is 2.39. The second kappa shape index (κ2) is 6.83. The fourth-order valence-corrected chi connectivity index (χ4v) is 3.99. The van der Waals surface area contributed by atoms with Gasteiger partial charge in [0.15, 0.2) is 0 Å². The maximum absolute atomic E-state index is 14.0. The number of aryl methyl sites for hydroxylation is 1. The van der Waals surface area contributed by atoms with Gasteiger partial charge in [-0.1, -0.05) is 0 Å². The number of benzene rings is 1. The number of hydrogen-bond acceptors (Lipinski definition) is 4. The summed E-state index contributed by atoms with van der Waals surface area (Å²) in [6.45, 7) is 3.60. The minimum absolute atomic E-state index is 0.147. The third-order valence-electron chi connectivity index (χ3n) is 3.49. The summed E-state index contributed by atoms with van der Waals surface area (Å²) in [5.41, 5.74) is 0.703. The maximum atomic E-state index is 14.0. The van der Waals surface area contributed by atoms with E-state index in [9.17, 15) is 12.8 Å². The van der Waals surface area contributed by atoms with Crippen molar-refractivity contribution in [3.63, 3.8) is 0 Å². The lowest BCUT2D eigenvalue weighted by atomic mass is 10.1. The van der Waals surface area contributed by atoms with Crippen molar-refractivity contribution in [3.8, 4) is 0 Å². The van der Waals surface area contributed by atoms with Crippen molar-refractivity contribution < 1.29 is 17.5 Å². The molecule has 1 fully saturated rings. The van der Waals surface area contributed by atoms with Gasteiger partial charge in [-0.15, -0.1) is 0 Å². The molecule has 1 aliphatic heterocycles. The Kier molecular flexibility index (Phi) is 5.32. The number of rotatable bonds is 4. The summed E-state index contributed by atoms with van der Waals surface area (Å²) < 4.78 is 46.1. The highest BCUT2D eigenvalue weighted by Gasteiger charge is 2.26. The molecule has 118 valence electrons. The monoisotopic (exact) mass is 316 g/mol. The van der Waals surface area contributed by atoms with Crippen LogP contribution < -0.4 is 5.32 Å². The minimum atomic E-state index is -3.61. The van der Waals surface area contributed by atoms with Crippen LogP contribution in [0.3, 0.4) is 0 Å². The van der Waals surface area contributed by atoms with E-state index in [0.717, 1.165) is 0 Å². The highest BCUT2D eigenvalue weighted by atomic mass is 32.2. The molecule has 0 aromatic heterocycles. The molecule has 0 atom stereocenters. The second-order valence-corrected chi connectivity index (χ2v) is 7.05.